The van der Waals surface area contributed by atoms with Crippen molar-refractivity contribution < 1.29 is 9.21 Å². The van der Waals surface area contributed by atoms with Gasteiger partial charge in [-0.25, -0.2) is 9.80 Å². The standard InChI is InChI=1S/C20H14BrN5O3/c21-11-5-6-14-13(8-11)20(18(28)24-14)9-15(25-26(20)19(22)23)12-7-10-3-1-2-4-16(10)29-17(12)27/h1-8H,9H2,(H3,22,23)(H,24,28). The zero-order valence-electron chi connectivity index (χ0n) is 14.9. The Bertz CT molecular complexity index is 1310. The number of fused-ring (bicyclic) bond motifs is 3. The monoisotopic (exact) mass is 451 g/mol. The first-order chi connectivity index (χ1) is 13.9. The number of hydrazone groups is 1. The predicted octanol–water partition coefficient (Wildman–Crippen LogP) is 2.71. The van der Waals surface area contributed by atoms with Gasteiger partial charge in [-0.3, -0.25) is 10.2 Å². The second-order valence-electron chi connectivity index (χ2n) is 6.91. The van der Waals surface area contributed by atoms with Gasteiger partial charge in [-0.15, -0.1) is 0 Å². The Morgan fingerprint density at radius 3 is 2.83 bits per heavy atom. The Morgan fingerprint density at radius 2 is 2.03 bits per heavy atom. The molecule has 0 radical (unpaired) electrons. The van der Waals surface area contributed by atoms with E-state index in [2.05, 4.69) is 26.3 Å². The fourth-order valence-corrected chi connectivity index (χ4v) is 4.29. The number of guanidine groups is 1. The van der Waals surface area contributed by atoms with Crippen LogP contribution in [0.3, 0.4) is 0 Å². The largest absolute Gasteiger partial charge is 0.422 e. The molecule has 1 amide bonds. The number of rotatable bonds is 1. The molecule has 2 aromatic carbocycles. The lowest BCUT2D eigenvalue weighted by Gasteiger charge is -2.30. The van der Waals surface area contributed by atoms with Crippen LogP contribution in [0.1, 0.15) is 17.5 Å². The summed E-state index contributed by atoms with van der Waals surface area (Å²) in [5, 5.41) is 17.1. The molecule has 9 heteroatoms. The molecule has 0 fully saturated rings. The SMILES string of the molecule is N=C(N)N1N=C(c2cc3ccccc3oc2=O)CC12C(=O)Nc1ccc(Br)cc12. The number of carbonyl (C=O) groups is 1. The minimum atomic E-state index is -1.33. The van der Waals surface area contributed by atoms with Gasteiger partial charge in [0, 0.05) is 27.5 Å². The number of nitrogens with zero attached hydrogens (tertiary/aromatic N) is 2. The highest BCUT2D eigenvalue weighted by molar-refractivity contribution is 9.10. The van der Waals surface area contributed by atoms with Crippen LogP contribution in [0, 0.1) is 5.41 Å². The van der Waals surface area contributed by atoms with Crippen LogP contribution in [0.15, 0.2) is 67.3 Å². The van der Waals surface area contributed by atoms with E-state index in [0.29, 0.717) is 22.5 Å². The summed E-state index contributed by atoms with van der Waals surface area (Å²) in [5.74, 6) is -0.752. The van der Waals surface area contributed by atoms with Gasteiger partial charge >= 0.3 is 5.63 Å². The fourth-order valence-electron chi connectivity index (χ4n) is 3.93. The minimum Gasteiger partial charge on any atom is -0.422 e. The molecule has 1 aromatic heterocycles. The van der Waals surface area contributed by atoms with Gasteiger partial charge < -0.3 is 15.5 Å². The lowest BCUT2D eigenvalue weighted by molar-refractivity contribution is -0.124. The van der Waals surface area contributed by atoms with Crippen LogP contribution < -0.4 is 16.7 Å². The lowest BCUT2D eigenvalue weighted by atomic mass is 9.85. The average molecular weight is 452 g/mol. The summed E-state index contributed by atoms with van der Waals surface area (Å²) >= 11 is 3.43. The van der Waals surface area contributed by atoms with Gasteiger partial charge in [-0.05, 0) is 30.3 Å². The minimum absolute atomic E-state index is 0.0744. The van der Waals surface area contributed by atoms with Crippen LogP contribution in [0.25, 0.3) is 11.0 Å². The van der Waals surface area contributed by atoms with Crippen molar-refractivity contribution in [2.75, 3.05) is 5.32 Å². The Kier molecular flexibility index (Phi) is 3.66. The molecule has 0 saturated heterocycles. The van der Waals surface area contributed by atoms with E-state index in [4.69, 9.17) is 15.6 Å². The number of nitrogens with one attached hydrogen (secondary N) is 2. The molecule has 4 N–H and O–H groups in total. The summed E-state index contributed by atoms with van der Waals surface area (Å²) in [4.78, 5) is 25.7. The molecule has 144 valence electrons. The molecule has 8 nitrogen and oxygen atoms in total. The average Bonchev–Trinajstić information content (AvgIpc) is 3.22. The van der Waals surface area contributed by atoms with E-state index in [1.54, 1.807) is 30.3 Å². The zero-order valence-corrected chi connectivity index (χ0v) is 16.5. The molecule has 0 saturated carbocycles. The number of carbonyl (C=O) groups excluding carboxylic acids is 1. The fraction of sp³-hybridized carbons (Fsp3) is 0.100. The van der Waals surface area contributed by atoms with Crippen LogP contribution in [-0.2, 0) is 10.3 Å². The van der Waals surface area contributed by atoms with Crippen molar-refractivity contribution in [3.8, 4) is 0 Å². The van der Waals surface area contributed by atoms with Gasteiger partial charge in [0.15, 0.2) is 5.54 Å². The lowest BCUT2D eigenvalue weighted by Crippen LogP contribution is -2.50. The van der Waals surface area contributed by atoms with Crippen molar-refractivity contribution in [2.24, 2.45) is 10.8 Å². The molecule has 0 aliphatic carbocycles. The molecule has 2 aliphatic rings. The number of hydrogen-bond donors (Lipinski definition) is 3. The number of hydrogen-bond acceptors (Lipinski definition) is 5. The molecular formula is C20H14BrN5O3. The first-order valence-corrected chi connectivity index (χ1v) is 9.56. The molecule has 3 aromatic rings. The molecule has 3 heterocycles. The third-order valence-corrected chi connectivity index (χ3v) is 5.73. The second kappa shape index (κ2) is 6.02. The van der Waals surface area contributed by atoms with Crippen molar-refractivity contribution in [1.82, 2.24) is 5.01 Å². The van der Waals surface area contributed by atoms with Gasteiger partial charge in [0.1, 0.15) is 5.58 Å². The highest BCUT2D eigenvalue weighted by Gasteiger charge is 2.57. The number of nitrogens with two attached hydrogens (primary N) is 1. The van der Waals surface area contributed by atoms with E-state index < -0.39 is 17.1 Å². The van der Waals surface area contributed by atoms with Gasteiger partial charge in [0.05, 0.1) is 11.3 Å². The Morgan fingerprint density at radius 1 is 1.24 bits per heavy atom. The van der Waals surface area contributed by atoms with E-state index in [1.165, 1.54) is 5.01 Å². The zero-order chi connectivity index (χ0) is 20.3. The maximum Gasteiger partial charge on any atom is 0.345 e. The van der Waals surface area contributed by atoms with Crippen LogP contribution >= 0.6 is 15.9 Å². The number of halogens is 1. The van der Waals surface area contributed by atoms with Crippen molar-refractivity contribution >= 4 is 50.2 Å². The topological polar surface area (TPSA) is 125 Å². The normalized spacial score (nSPS) is 20.1. The van der Waals surface area contributed by atoms with E-state index in [1.807, 2.05) is 18.2 Å². The summed E-state index contributed by atoms with van der Waals surface area (Å²) in [5.41, 5.74) is 6.18. The number of para-hydroxylation sites is 1. The van der Waals surface area contributed by atoms with Crippen LogP contribution in [0.2, 0.25) is 0 Å². The predicted molar refractivity (Wildman–Crippen MR) is 112 cm³/mol. The van der Waals surface area contributed by atoms with Crippen molar-refractivity contribution in [3.05, 3.63) is 74.6 Å². The number of anilines is 1. The van der Waals surface area contributed by atoms with Gasteiger partial charge in [-0.2, -0.15) is 5.10 Å². The maximum absolute atomic E-state index is 13.1. The molecule has 1 spiro atoms. The molecule has 2 aliphatic heterocycles. The summed E-state index contributed by atoms with van der Waals surface area (Å²) in [7, 11) is 0. The highest BCUT2D eigenvalue weighted by Crippen LogP contribution is 2.47. The quantitative estimate of drug-likeness (QED) is 0.298. The third-order valence-electron chi connectivity index (χ3n) is 5.24. The van der Waals surface area contributed by atoms with Crippen LogP contribution in [-0.4, -0.2) is 22.6 Å². The number of benzene rings is 2. The Labute approximate surface area is 172 Å². The van der Waals surface area contributed by atoms with Crippen molar-refractivity contribution in [2.45, 2.75) is 12.0 Å². The summed E-state index contributed by atoms with van der Waals surface area (Å²) < 4.78 is 6.19. The number of amides is 1. The van der Waals surface area contributed by atoms with Gasteiger partial charge in [-0.1, -0.05) is 34.1 Å². The molecule has 1 unspecified atom stereocenters. The van der Waals surface area contributed by atoms with Crippen molar-refractivity contribution in [3.63, 3.8) is 0 Å². The van der Waals surface area contributed by atoms with Crippen LogP contribution in [0.5, 0.6) is 0 Å². The Balaban J connectivity index is 1.70. The first-order valence-electron chi connectivity index (χ1n) is 8.76. The van der Waals surface area contributed by atoms with Crippen molar-refractivity contribution in [1.29, 1.82) is 5.41 Å². The molecule has 5 rings (SSSR count). The van der Waals surface area contributed by atoms with E-state index in [-0.39, 0.29) is 17.9 Å². The summed E-state index contributed by atoms with van der Waals surface area (Å²) in [6.07, 6.45) is 0.0744. The second-order valence-corrected chi connectivity index (χ2v) is 7.83. The van der Waals surface area contributed by atoms with Gasteiger partial charge in [0.25, 0.3) is 5.91 Å². The first kappa shape index (κ1) is 17.6. The Hall–Kier alpha value is -3.46. The van der Waals surface area contributed by atoms with E-state index >= 15 is 0 Å². The molecule has 1 atom stereocenters. The van der Waals surface area contributed by atoms with Crippen LogP contribution in [0.4, 0.5) is 5.69 Å². The summed E-state index contributed by atoms with van der Waals surface area (Å²) in [6.45, 7) is 0. The molecular weight excluding hydrogens is 438 g/mol. The molecule has 29 heavy (non-hydrogen) atoms. The highest BCUT2D eigenvalue weighted by atomic mass is 79.9. The summed E-state index contributed by atoms with van der Waals surface area (Å²) in [6, 6.07) is 14.2. The smallest absolute Gasteiger partial charge is 0.345 e. The molecule has 0 bridgehead atoms. The van der Waals surface area contributed by atoms with Gasteiger partial charge in [0.2, 0.25) is 5.96 Å². The van der Waals surface area contributed by atoms with E-state index in [9.17, 15) is 9.59 Å². The third kappa shape index (κ3) is 2.44. The maximum atomic E-state index is 13.1. The van der Waals surface area contributed by atoms with E-state index in [0.717, 1.165) is 9.86 Å².